The van der Waals surface area contributed by atoms with Gasteiger partial charge in [-0.15, -0.1) is 0 Å². The van der Waals surface area contributed by atoms with Gasteiger partial charge in [-0.05, 0) is 39.5 Å². The Hall–Kier alpha value is -0.160. The van der Waals surface area contributed by atoms with Crippen LogP contribution in [-0.2, 0) is 19.6 Å². The molecule has 2 fully saturated rings. The molecular formula is C10H18O4. The molecule has 0 aromatic carbocycles. The summed E-state index contributed by atoms with van der Waals surface area (Å²) < 4.78 is 0. The van der Waals surface area contributed by atoms with Crippen LogP contribution in [0.2, 0.25) is 0 Å². The van der Waals surface area contributed by atoms with Crippen LogP contribution in [0.5, 0.6) is 0 Å². The molecule has 14 heavy (non-hydrogen) atoms. The van der Waals surface area contributed by atoms with Gasteiger partial charge in [-0.1, -0.05) is 0 Å². The van der Waals surface area contributed by atoms with E-state index in [0.29, 0.717) is 5.92 Å². The van der Waals surface area contributed by atoms with E-state index < -0.39 is 5.79 Å². The predicted molar refractivity (Wildman–Crippen MR) is 49.0 cm³/mol. The van der Waals surface area contributed by atoms with Crippen molar-refractivity contribution in [2.75, 3.05) is 7.11 Å². The molecule has 0 aromatic heterocycles. The molecule has 4 heteroatoms. The zero-order valence-corrected chi connectivity index (χ0v) is 9.04. The largest absolute Gasteiger partial charge is 0.237 e. The Kier molecular flexibility index (Phi) is 2.55. The van der Waals surface area contributed by atoms with Crippen molar-refractivity contribution in [1.82, 2.24) is 0 Å². The first kappa shape index (κ1) is 10.4. The van der Waals surface area contributed by atoms with E-state index in [0.717, 1.165) is 25.7 Å². The molecule has 1 saturated heterocycles. The topological polar surface area (TPSA) is 36.9 Å². The van der Waals surface area contributed by atoms with Gasteiger partial charge in [-0.3, -0.25) is 0 Å². The molecule has 1 unspecified atom stereocenters. The summed E-state index contributed by atoms with van der Waals surface area (Å²) in [6.45, 7) is 3.96. The van der Waals surface area contributed by atoms with E-state index in [1.807, 2.05) is 6.92 Å². The smallest absolute Gasteiger partial charge is 0.234 e. The summed E-state index contributed by atoms with van der Waals surface area (Å²) in [5.74, 6) is -0.385. The number of rotatable bonds is 2. The fourth-order valence-corrected chi connectivity index (χ4v) is 2.47. The minimum absolute atomic E-state index is 0.125. The van der Waals surface area contributed by atoms with Crippen LogP contribution >= 0.6 is 0 Å². The lowest BCUT2D eigenvalue weighted by molar-refractivity contribution is -0.558. The van der Waals surface area contributed by atoms with Gasteiger partial charge in [-0.2, -0.15) is 9.78 Å². The molecule has 1 saturated carbocycles. The average Bonchev–Trinajstić information content (AvgIpc) is 2.14. The molecule has 3 atom stereocenters. The third-order valence-corrected chi connectivity index (χ3v) is 3.34. The predicted octanol–water partition coefficient (Wildman–Crippen LogP) is 2.19. The van der Waals surface area contributed by atoms with Gasteiger partial charge in [0.05, 0.1) is 7.11 Å². The molecule has 2 bridgehead atoms. The Balaban J connectivity index is 2.10. The second kappa shape index (κ2) is 3.45. The molecule has 0 radical (unpaired) electrons. The lowest BCUT2D eigenvalue weighted by Gasteiger charge is -2.48. The first-order valence-electron chi connectivity index (χ1n) is 5.17. The maximum absolute atomic E-state index is 5.40. The molecule has 2 rings (SSSR count). The fourth-order valence-electron chi connectivity index (χ4n) is 2.47. The molecule has 82 valence electrons. The molecule has 4 nitrogen and oxygen atoms in total. The molecule has 0 amide bonds. The summed E-state index contributed by atoms with van der Waals surface area (Å²) in [6, 6.07) is 0. The lowest BCUT2D eigenvalue weighted by Crippen LogP contribution is -2.53. The van der Waals surface area contributed by atoms with Crippen LogP contribution < -0.4 is 0 Å². The Labute approximate surface area is 84.3 Å². The van der Waals surface area contributed by atoms with Gasteiger partial charge in [0.1, 0.15) is 5.60 Å². The Bertz CT molecular complexity index is 220. The summed E-state index contributed by atoms with van der Waals surface area (Å²) >= 11 is 0. The van der Waals surface area contributed by atoms with Crippen molar-refractivity contribution < 1.29 is 19.6 Å². The van der Waals surface area contributed by atoms with E-state index in [1.54, 1.807) is 0 Å². The molecular weight excluding hydrogens is 184 g/mol. The van der Waals surface area contributed by atoms with Gasteiger partial charge in [0.25, 0.3) is 0 Å². The van der Waals surface area contributed by atoms with Crippen molar-refractivity contribution in [2.45, 2.75) is 50.9 Å². The van der Waals surface area contributed by atoms with Crippen LogP contribution in [0, 0.1) is 5.92 Å². The SMILES string of the molecule is COOC1(C)OO[C@@]2(C)CCC[C@@H]1C2. The average molecular weight is 202 g/mol. The maximum Gasteiger partial charge on any atom is 0.234 e. The van der Waals surface area contributed by atoms with Gasteiger partial charge >= 0.3 is 0 Å². The lowest BCUT2D eigenvalue weighted by atomic mass is 9.75. The van der Waals surface area contributed by atoms with Crippen molar-refractivity contribution in [3.8, 4) is 0 Å². The first-order valence-corrected chi connectivity index (χ1v) is 5.17. The maximum atomic E-state index is 5.40. The van der Waals surface area contributed by atoms with E-state index in [4.69, 9.17) is 19.6 Å². The minimum Gasteiger partial charge on any atom is -0.237 e. The standard InChI is InChI=1S/C10H18O4/c1-9-6-4-5-8(7-9)10(2,13-11-3)14-12-9/h8H,4-7H2,1-3H3/t8-,9+,10?/m1/s1. The van der Waals surface area contributed by atoms with Crippen LogP contribution in [0.1, 0.15) is 39.5 Å². The van der Waals surface area contributed by atoms with E-state index in [2.05, 4.69) is 6.92 Å². The van der Waals surface area contributed by atoms with E-state index in [1.165, 1.54) is 7.11 Å². The molecule has 1 heterocycles. The Morgan fingerprint density at radius 3 is 2.79 bits per heavy atom. The Morgan fingerprint density at radius 1 is 1.29 bits per heavy atom. The summed E-state index contributed by atoms with van der Waals surface area (Å²) in [5, 5.41) is 0. The number of hydrogen-bond acceptors (Lipinski definition) is 4. The second-order valence-electron chi connectivity index (χ2n) is 4.68. The van der Waals surface area contributed by atoms with Crippen LogP contribution in [-0.4, -0.2) is 18.5 Å². The highest BCUT2D eigenvalue weighted by Crippen LogP contribution is 2.46. The van der Waals surface area contributed by atoms with E-state index in [-0.39, 0.29) is 5.60 Å². The highest BCUT2D eigenvalue weighted by molar-refractivity contribution is 4.91. The van der Waals surface area contributed by atoms with Crippen molar-refractivity contribution in [3.05, 3.63) is 0 Å². The third-order valence-electron chi connectivity index (χ3n) is 3.34. The summed E-state index contributed by atoms with van der Waals surface area (Å²) in [4.78, 5) is 20.6. The third kappa shape index (κ3) is 1.67. The molecule has 0 spiro atoms. The van der Waals surface area contributed by atoms with E-state index in [9.17, 15) is 0 Å². The van der Waals surface area contributed by atoms with Crippen LogP contribution in [0.25, 0.3) is 0 Å². The van der Waals surface area contributed by atoms with Crippen LogP contribution in [0.15, 0.2) is 0 Å². The van der Waals surface area contributed by atoms with Crippen molar-refractivity contribution in [3.63, 3.8) is 0 Å². The fraction of sp³-hybridized carbons (Fsp3) is 1.00. The van der Waals surface area contributed by atoms with Crippen molar-refractivity contribution >= 4 is 0 Å². The first-order chi connectivity index (χ1) is 6.58. The summed E-state index contributed by atoms with van der Waals surface area (Å²) in [5.41, 5.74) is -0.125. The number of hydrogen-bond donors (Lipinski definition) is 0. The zero-order valence-electron chi connectivity index (χ0n) is 9.04. The molecule has 2 aliphatic rings. The highest BCUT2D eigenvalue weighted by atomic mass is 17.3. The Morgan fingerprint density at radius 2 is 2.07 bits per heavy atom. The molecule has 1 aliphatic heterocycles. The van der Waals surface area contributed by atoms with Crippen LogP contribution in [0.3, 0.4) is 0 Å². The van der Waals surface area contributed by atoms with Gasteiger partial charge < -0.3 is 0 Å². The monoisotopic (exact) mass is 202 g/mol. The van der Waals surface area contributed by atoms with Gasteiger partial charge in [0.15, 0.2) is 0 Å². The quantitative estimate of drug-likeness (QED) is 0.508. The molecule has 0 N–H and O–H groups in total. The normalized spacial score (nSPS) is 47.8. The second-order valence-corrected chi connectivity index (χ2v) is 4.68. The summed E-state index contributed by atoms with van der Waals surface area (Å²) in [6.07, 6.45) is 4.31. The van der Waals surface area contributed by atoms with Crippen LogP contribution in [0.4, 0.5) is 0 Å². The van der Waals surface area contributed by atoms with Crippen molar-refractivity contribution in [2.24, 2.45) is 5.92 Å². The van der Waals surface area contributed by atoms with E-state index >= 15 is 0 Å². The van der Waals surface area contributed by atoms with Crippen molar-refractivity contribution in [1.29, 1.82) is 0 Å². The highest BCUT2D eigenvalue weighted by Gasteiger charge is 2.51. The summed E-state index contributed by atoms with van der Waals surface area (Å²) in [7, 11) is 1.49. The zero-order chi connectivity index (χ0) is 10.2. The van der Waals surface area contributed by atoms with Gasteiger partial charge in [0.2, 0.25) is 5.79 Å². The molecule has 0 aromatic rings. The van der Waals surface area contributed by atoms with Gasteiger partial charge in [0, 0.05) is 5.92 Å². The van der Waals surface area contributed by atoms with Gasteiger partial charge in [-0.25, -0.2) is 9.78 Å². The number of fused-ring (bicyclic) bond motifs is 2. The molecule has 1 aliphatic carbocycles. The minimum atomic E-state index is -0.741.